The molecule has 0 radical (unpaired) electrons. The molecule has 0 bridgehead atoms. The van der Waals surface area contributed by atoms with Crippen molar-refractivity contribution in [1.29, 1.82) is 0 Å². The molecule has 2 rings (SSSR count). The van der Waals surface area contributed by atoms with Crippen molar-refractivity contribution in [3.05, 3.63) is 81.9 Å². The van der Waals surface area contributed by atoms with Crippen LogP contribution in [0.3, 0.4) is 0 Å². The third kappa shape index (κ3) is 7.58. The van der Waals surface area contributed by atoms with Crippen LogP contribution in [-0.4, -0.2) is 6.04 Å². The largest absolute Gasteiger partial charge is 0.324 e. The van der Waals surface area contributed by atoms with Crippen molar-refractivity contribution in [2.24, 2.45) is 5.73 Å². The Hall–Kier alpha value is -1.86. The molecule has 0 heterocycles. The molecule has 2 aromatic rings. The first kappa shape index (κ1) is 24.1. The minimum absolute atomic E-state index is 0.0430. The maximum Gasteiger partial charge on any atom is 0.0289 e. The first-order chi connectivity index (χ1) is 12.4. The van der Waals surface area contributed by atoms with Crippen LogP contribution in [0.15, 0.2) is 48.6 Å². The molecule has 0 aliphatic carbocycles. The van der Waals surface area contributed by atoms with Gasteiger partial charge in [0.05, 0.1) is 0 Å². The van der Waals surface area contributed by atoms with Gasteiger partial charge in [0.1, 0.15) is 0 Å². The second-order valence-corrected chi connectivity index (χ2v) is 6.53. The van der Waals surface area contributed by atoms with Gasteiger partial charge in [0.15, 0.2) is 0 Å². The van der Waals surface area contributed by atoms with E-state index < -0.39 is 0 Å². The SMILES string of the molecule is C=C(C)C(N)Cc1cc(C)c(Cc2cccc(C)c2)c(C)c1.CC.CC. The van der Waals surface area contributed by atoms with Gasteiger partial charge >= 0.3 is 0 Å². The minimum Gasteiger partial charge on any atom is -0.324 e. The van der Waals surface area contributed by atoms with Crippen molar-refractivity contribution in [1.82, 2.24) is 0 Å². The quantitative estimate of drug-likeness (QED) is 0.595. The number of aryl methyl sites for hydroxylation is 3. The Kier molecular flexibility index (Phi) is 11.6. The van der Waals surface area contributed by atoms with Gasteiger partial charge < -0.3 is 5.73 Å². The molecule has 0 fully saturated rings. The Morgan fingerprint density at radius 3 is 1.92 bits per heavy atom. The average molecular weight is 354 g/mol. The fourth-order valence-electron chi connectivity index (χ4n) is 2.93. The Morgan fingerprint density at radius 1 is 0.923 bits per heavy atom. The molecule has 26 heavy (non-hydrogen) atoms. The van der Waals surface area contributed by atoms with Gasteiger partial charge in [-0.15, -0.1) is 0 Å². The number of hydrogen-bond donors (Lipinski definition) is 1. The fourth-order valence-corrected chi connectivity index (χ4v) is 2.93. The topological polar surface area (TPSA) is 26.0 Å². The summed E-state index contributed by atoms with van der Waals surface area (Å²) in [5, 5.41) is 0. The van der Waals surface area contributed by atoms with Gasteiger partial charge in [0.25, 0.3) is 0 Å². The lowest BCUT2D eigenvalue weighted by molar-refractivity contribution is 0.765. The number of benzene rings is 2. The minimum atomic E-state index is 0.0430. The van der Waals surface area contributed by atoms with Gasteiger partial charge in [-0.2, -0.15) is 0 Å². The highest BCUT2D eigenvalue weighted by molar-refractivity contribution is 5.42. The molecule has 2 aromatic carbocycles. The molecule has 0 saturated carbocycles. The van der Waals surface area contributed by atoms with E-state index in [9.17, 15) is 0 Å². The van der Waals surface area contributed by atoms with Crippen LogP contribution in [0.25, 0.3) is 0 Å². The summed E-state index contributed by atoms with van der Waals surface area (Å²) in [6.45, 7) is 20.5. The molecule has 0 aromatic heterocycles. The molecule has 1 heteroatoms. The molecule has 1 unspecified atom stereocenters. The highest BCUT2D eigenvalue weighted by Crippen LogP contribution is 2.22. The van der Waals surface area contributed by atoms with E-state index in [2.05, 4.69) is 63.7 Å². The summed E-state index contributed by atoms with van der Waals surface area (Å²) in [6.07, 6.45) is 1.86. The first-order valence-electron chi connectivity index (χ1n) is 9.92. The van der Waals surface area contributed by atoms with E-state index in [0.29, 0.717) is 0 Å². The predicted molar refractivity (Wildman–Crippen MR) is 119 cm³/mol. The second-order valence-electron chi connectivity index (χ2n) is 6.53. The summed E-state index contributed by atoms with van der Waals surface area (Å²) in [4.78, 5) is 0. The summed E-state index contributed by atoms with van der Waals surface area (Å²) >= 11 is 0. The van der Waals surface area contributed by atoms with Crippen LogP contribution < -0.4 is 5.73 Å². The summed E-state index contributed by atoms with van der Waals surface area (Å²) in [6, 6.07) is 13.4. The normalized spacial score (nSPS) is 10.8. The van der Waals surface area contributed by atoms with Gasteiger partial charge in [-0.3, -0.25) is 0 Å². The van der Waals surface area contributed by atoms with Crippen LogP contribution >= 0.6 is 0 Å². The lowest BCUT2D eigenvalue weighted by Crippen LogP contribution is -2.23. The summed E-state index contributed by atoms with van der Waals surface area (Å²) < 4.78 is 0. The Morgan fingerprint density at radius 2 is 1.46 bits per heavy atom. The Balaban J connectivity index is 0.00000146. The van der Waals surface area contributed by atoms with Crippen LogP contribution in [0.5, 0.6) is 0 Å². The molecule has 1 nitrogen and oxygen atoms in total. The molecule has 0 aliphatic heterocycles. The average Bonchev–Trinajstić information content (AvgIpc) is 2.61. The van der Waals surface area contributed by atoms with Crippen molar-refractivity contribution < 1.29 is 0 Å². The van der Waals surface area contributed by atoms with E-state index in [1.165, 1.54) is 33.4 Å². The molecule has 1 atom stereocenters. The lowest BCUT2D eigenvalue weighted by atomic mass is 9.91. The number of hydrogen-bond acceptors (Lipinski definition) is 1. The standard InChI is InChI=1S/C21H27N.2C2H6/c1-14(2)21(22)13-19-10-16(4)20(17(5)11-19)12-18-8-6-7-15(3)9-18;2*1-2/h6-11,21H,1,12-13,22H2,2-5H3;2*1-2H3. The zero-order valence-corrected chi connectivity index (χ0v) is 18.2. The molecule has 2 N–H and O–H groups in total. The Bertz CT molecular complexity index is 659. The summed E-state index contributed by atoms with van der Waals surface area (Å²) in [5.41, 5.74) is 15.3. The molecule has 144 valence electrons. The Labute approximate surface area is 162 Å². The zero-order valence-electron chi connectivity index (χ0n) is 18.2. The van der Waals surface area contributed by atoms with Gasteiger partial charge in [-0.25, -0.2) is 0 Å². The monoisotopic (exact) mass is 353 g/mol. The van der Waals surface area contributed by atoms with Crippen molar-refractivity contribution in [3.63, 3.8) is 0 Å². The van der Waals surface area contributed by atoms with Crippen LogP contribution in [-0.2, 0) is 12.8 Å². The fraction of sp³-hybridized carbons (Fsp3) is 0.440. The van der Waals surface area contributed by atoms with E-state index in [1.54, 1.807) is 0 Å². The maximum atomic E-state index is 6.13. The van der Waals surface area contributed by atoms with Crippen LogP contribution in [0.2, 0.25) is 0 Å². The van der Waals surface area contributed by atoms with E-state index in [-0.39, 0.29) is 6.04 Å². The van der Waals surface area contributed by atoms with Crippen LogP contribution in [0.4, 0.5) is 0 Å². The van der Waals surface area contributed by atoms with E-state index in [1.807, 2.05) is 34.6 Å². The molecule has 0 amide bonds. The number of nitrogens with two attached hydrogens (primary N) is 1. The zero-order chi connectivity index (χ0) is 20.3. The van der Waals surface area contributed by atoms with Crippen LogP contribution in [0, 0.1) is 20.8 Å². The predicted octanol–water partition coefficient (Wildman–Crippen LogP) is 6.70. The highest BCUT2D eigenvalue weighted by Gasteiger charge is 2.10. The molecular weight excluding hydrogens is 314 g/mol. The highest BCUT2D eigenvalue weighted by atomic mass is 14.6. The van der Waals surface area contributed by atoms with Gasteiger partial charge in [0.2, 0.25) is 0 Å². The van der Waals surface area contributed by atoms with Crippen LogP contribution in [0.1, 0.15) is 68.0 Å². The summed E-state index contributed by atoms with van der Waals surface area (Å²) in [5.74, 6) is 0. The molecular formula is C25H39N. The second kappa shape index (κ2) is 12.5. The smallest absolute Gasteiger partial charge is 0.0289 e. The molecule has 0 aliphatic rings. The van der Waals surface area contributed by atoms with Crippen molar-refractivity contribution in [2.75, 3.05) is 0 Å². The third-order valence-corrected chi connectivity index (χ3v) is 4.31. The first-order valence-corrected chi connectivity index (χ1v) is 9.92. The number of rotatable bonds is 5. The van der Waals surface area contributed by atoms with Crippen molar-refractivity contribution in [3.8, 4) is 0 Å². The third-order valence-electron chi connectivity index (χ3n) is 4.31. The molecule has 0 spiro atoms. The van der Waals surface area contributed by atoms with E-state index in [0.717, 1.165) is 18.4 Å². The summed E-state index contributed by atoms with van der Waals surface area (Å²) in [7, 11) is 0. The van der Waals surface area contributed by atoms with Crippen molar-refractivity contribution >= 4 is 0 Å². The maximum absolute atomic E-state index is 6.13. The lowest BCUT2D eigenvalue weighted by Gasteiger charge is -2.16. The van der Waals surface area contributed by atoms with Gasteiger partial charge in [0, 0.05) is 6.04 Å². The van der Waals surface area contributed by atoms with Gasteiger partial charge in [-0.1, -0.05) is 81.8 Å². The van der Waals surface area contributed by atoms with Gasteiger partial charge in [-0.05, 0) is 68.4 Å². The van der Waals surface area contributed by atoms with E-state index >= 15 is 0 Å². The van der Waals surface area contributed by atoms with Crippen molar-refractivity contribution in [2.45, 2.75) is 74.3 Å². The van der Waals surface area contributed by atoms with E-state index in [4.69, 9.17) is 5.73 Å². The molecule has 0 saturated heterocycles.